The summed E-state index contributed by atoms with van der Waals surface area (Å²) in [4.78, 5) is 0. The minimum atomic E-state index is 0.846. The Balaban J connectivity index is 1.67. The third-order valence-corrected chi connectivity index (χ3v) is 2.75. The maximum Gasteiger partial charge on any atom is 0.193 e. The second-order valence-corrected chi connectivity index (χ2v) is 3.98. The van der Waals surface area contributed by atoms with E-state index in [1.165, 1.54) is 25.9 Å². The zero-order chi connectivity index (χ0) is 9.80. The summed E-state index contributed by atoms with van der Waals surface area (Å²) in [5, 5.41) is 6.67. The van der Waals surface area contributed by atoms with Crippen LogP contribution in [0, 0.1) is 12.8 Å². The number of hydrogen-bond acceptors (Lipinski definition) is 3. The normalized spacial score (nSPS) is 21.4. The van der Waals surface area contributed by atoms with Crippen LogP contribution in [-0.4, -0.2) is 19.6 Å². The van der Waals surface area contributed by atoms with E-state index in [0.717, 1.165) is 24.1 Å². The van der Waals surface area contributed by atoms with Gasteiger partial charge in [-0.15, -0.1) is 0 Å². The molecule has 1 aromatic heterocycles. The van der Waals surface area contributed by atoms with Crippen LogP contribution >= 0.6 is 0 Å². The van der Waals surface area contributed by atoms with E-state index in [4.69, 9.17) is 4.42 Å². The highest BCUT2D eigenvalue weighted by Gasteiger charge is 2.13. The van der Waals surface area contributed by atoms with Crippen LogP contribution in [0.15, 0.2) is 16.5 Å². The van der Waals surface area contributed by atoms with E-state index in [-0.39, 0.29) is 0 Å². The fourth-order valence-electron chi connectivity index (χ4n) is 1.89. The largest absolute Gasteiger partial charge is 0.446 e. The zero-order valence-electron chi connectivity index (χ0n) is 8.68. The van der Waals surface area contributed by atoms with Crippen LogP contribution in [0.3, 0.4) is 0 Å². The van der Waals surface area contributed by atoms with Gasteiger partial charge in [0, 0.05) is 12.6 Å². The molecule has 0 aromatic carbocycles. The average Bonchev–Trinajstić information content (AvgIpc) is 2.77. The molecular weight excluding hydrogens is 176 g/mol. The van der Waals surface area contributed by atoms with Crippen LogP contribution in [0.5, 0.6) is 0 Å². The fraction of sp³-hybridized carbons (Fsp3) is 0.636. The minimum Gasteiger partial charge on any atom is -0.446 e. The van der Waals surface area contributed by atoms with Gasteiger partial charge in [0.15, 0.2) is 5.88 Å². The molecule has 2 heterocycles. The van der Waals surface area contributed by atoms with Crippen molar-refractivity contribution in [2.24, 2.45) is 5.92 Å². The molecule has 1 aliphatic rings. The molecule has 2 rings (SSSR count). The summed E-state index contributed by atoms with van der Waals surface area (Å²) >= 11 is 0. The molecule has 0 radical (unpaired) electrons. The quantitative estimate of drug-likeness (QED) is 0.769. The third-order valence-electron chi connectivity index (χ3n) is 2.75. The van der Waals surface area contributed by atoms with Crippen molar-refractivity contribution in [2.75, 3.05) is 25.0 Å². The molecule has 1 aromatic rings. The van der Waals surface area contributed by atoms with Gasteiger partial charge in [-0.1, -0.05) is 0 Å². The molecule has 14 heavy (non-hydrogen) atoms. The lowest BCUT2D eigenvalue weighted by Crippen LogP contribution is -2.12. The maximum absolute atomic E-state index is 5.42. The highest BCUT2D eigenvalue weighted by atomic mass is 16.4. The Hall–Kier alpha value is -0.960. The Bertz CT molecular complexity index is 277. The van der Waals surface area contributed by atoms with Crippen molar-refractivity contribution < 1.29 is 4.42 Å². The predicted molar refractivity (Wildman–Crippen MR) is 57.5 cm³/mol. The molecule has 0 amide bonds. The first kappa shape index (κ1) is 9.59. The number of aryl methyl sites for hydroxylation is 1. The molecule has 0 aliphatic carbocycles. The molecule has 3 nitrogen and oxygen atoms in total. The van der Waals surface area contributed by atoms with Crippen LogP contribution in [0.2, 0.25) is 0 Å². The van der Waals surface area contributed by atoms with E-state index >= 15 is 0 Å². The van der Waals surface area contributed by atoms with Gasteiger partial charge in [0.25, 0.3) is 0 Å². The fourth-order valence-corrected chi connectivity index (χ4v) is 1.89. The van der Waals surface area contributed by atoms with Crippen LogP contribution in [-0.2, 0) is 0 Å². The van der Waals surface area contributed by atoms with Crippen LogP contribution in [0.4, 0.5) is 5.88 Å². The molecule has 78 valence electrons. The van der Waals surface area contributed by atoms with Gasteiger partial charge in [-0.25, -0.2) is 0 Å². The summed E-state index contributed by atoms with van der Waals surface area (Å²) in [7, 11) is 0. The van der Waals surface area contributed by atoms with Crippen LogP contribution < -0.4 is 10.6 Å². The van der Waals surface area contributed by atoms with Gasteiger partial charge >= 0.3 is 0 Å². The van der Waals surface area contributed by atoms with E-state index in [2.05, 4.69) is 10.6 Å². The summed E-state index contributed by atoms with van der Waals surface area (Å²) in [5.74, 6) is 2.71. The van der Waals surface area contributed by atoms with Crippen LogP contribution in [0.25, 0.3) is 0 Å². The summed E-state index contributed by atoms with van der Waals surface area (Å²) in [5.41, 5.74) is 0. The van der Waals surface area contributed by atoms with Gasteiger partial charge in [0.05, 0.1) is 0 Å². The number of anilines is 1. The van der Waals surface area contributed by atoms with E-state index in [0.29, 0.717) is 0 Å². The summed E-state index contributed by atoms with van der Waals surface area (Å²) in [6, 6.07) is 3.97. The van der Waals surface area contributed by atoms with E-state index in [9.17, 15) is 0 Å². The standard InChI is InChI=1S/C11H18N2O/c1-9-2-3-11(14-9)13-7-5-10-4-6-12-8-10/h2-3,10,12-13H,4-8H2,1H3. The lowest BCUT2D eigenvalue weighted by Gasteiger charge is -2.07. The van der Waals surface area contributed by atoms with Gasteiger partial charge in [-0.3, -0.25) is 0 Å². The second-order valence-electron chi connectivity index (χ2n) is 3.98. The smallest absolute Gasteiger partial charge is 0.193 e. The summed E-state index contributed by atoms with van der Waals surface area (Å²) in [6.45, 7) is 5.34. The van der Waals surface area contributed by atoms with Crippen molar-refractivity contribution in [1.82, 2.24) is 5.32 Å². The van der Waals surface area contributed by atoms with Crippen molar-refractivity contribution in [3.63, 3.8) is 0 Å². The average molecular weight is 194 g/mol. The zero-order valence-corrected chi connectivity index (χ0v) is 8.68. The molecule has 0 bridgehead atoms. The SMILES string of the molecule is Cc1ccc(NCCC2CCNC2)o1. The van der Waals surface area contributed by atoms with E-state index in [1.807, 2.05) is 19.1 Å². The Morgan fingerprint density at radius 1 is 1.57 bits per heavy atom. The highest BCUT2D eigenvalue weighted by Crippen LogP contribution is 2.15. The topological polar surface area (TPSA) is 37.2 Å². The minimum absolute atomic E-state index is 0.846. The third kappa shape index (κ3) is 2.51. The van der Waals surface area contributed by atoms with E-state index < -0.39 is 0 Å². The van der Waals surface area contributed by atoms with Gasteiger partial charge in [-0.2, -0.15) is 0 Å². The molecule has 0 spiro atoms. The van der Waals surface area contributed by atoms with Crippen molar-refractivity contribution >= 4 is 5.88 Å². The molecule has 0 saturated carbocycles. The molecule has 1 atom stereocenters. The summed E-state index contributed by atoms with van der Waals surface area (Å²) < 4.78 is 5.42. The van der Waals surface area contributed by atoms with Gasteiger partial charge in [0.1, 0.15) is 5.76 Å². The molecule has 3 heteroatoms. The number of hydrogen-bond donors (Lipinski definition) is 2. The van der Waals surface area contributed by atoms with Gasteiger partial charge < -0.3 is 15.1 Å². The number of nitrogens with one attached hydrogen (secondary N) is 2. The van der Waals surface area contributed by atoms with Gasteiger partial charge in [0.2, 0.25) is 0 Å². The Kier molecular flexibility index (Phi) is 3.09. The Morgan fingerprint density at radius 2 is 2.50 bits per heavy atom. The molecular formula is C11H18N2O. The highest BCUT2D eigenvalue weighted by molar-refractivity contribution is 5.31. The second kappa shape index (κ2) is 4.51. The maximum atomic E-state index is 5.42. The molecule has 1 aliphatic heterocycles. The first-order valence-corrected chi connectivity index (χ1v) is 5.35. The Labute approximate surface area is 84.9 Å². The monoisotopic (exact) mass is 194 g/mol. The first-order valence-electron chi connectivity index (χ1n) is 5.35. The van der Waals surface area contributed by atoms with Crippen molar-refractivity contribution in [3.05, 3.63) is 17.9 Å². The lowest BCUT2D eigenvalue weighted by molar-refractivity contribution is 0.524. The van der Waals surface area contributed by atoms with Crippen molar-refractivity contribution in [3.8, 4) is 0 Å². The molecule has 1 saturated heterocycles. The van der Waals surface area contributed by atoms with Crippen molar-refractivity contribution in [1.29, 1.82) is 0 Å². The molecule has 1 unspecified atom stereocenters. The Morgan fingerprint density at radius 3 is 3.14 bits per heavy atom. The molecule has 2 N–H and O–H groups in total. The number of furan rings is 1. The number of rotatable bonds is 4. The van der Waals surface area contributed by atoms with E-state index in [1.54, 1.807) is 0 Å². The first-order chi connectivity index (χ1) is 6.84. The van der Waals surface area contributed by atoms with Crippen LogP contribution in [0.1, 0.15) is 18.6 Å². The molecule has 1 fully saturated rings. The predicted octanol–water partition coefficient (Wildman–Crippen LogP) is 2.00. The van der Waals surface area contributed by atoms with Gasteiger partial charge in [-0.05, 0) is 44.8 Å². The summed E-state index contributed by atoms with van der Waals surface area (Å²) in [6.07, 6.45) is 2.55. The van der Waals surface area contributed by atoms with Crippen molar-refractivity contribution in [2.45, 2.75) is 19.8 Å². The lowest BCUT2D eigenvalue weighted by atomic mass is 10.1.